The molecule has 2 N–H and O–H groups in total. The molecule has 2 heterocycles. The molecule has 1 unspecified atom stereocenters. The molecule has 2 saturated heterocycles. The number of nitrogens with zero attached hydrogens (tertiary/aromatic N) is 2. The molecule has 32 heavy (non-hydrogen) atoms. The fourth-order valence-electron chi connectivity index (χ4n) is 4.05. The number of para-hydroxylation sites is 2. The Morgan fingerprint density at radius 3 is 2.50 bits per heavy atom. The molecular formula is C24H28N4O4. The van der Waals surface area contributed by atoms with E-state index in [1.54, 1.807) is 15.9 Å². The molecule has 0 bridgehead atoms. The maximum absolute atomic E-state index is 12.6. The summed E-state index contributed by atoms with van der Waals surface area (Å²) in [4.78, 5) is 41.0. The van der Waals surface area contributed by atoms with Crippen molar-refractivity contribution in [3.05, 3.63) is 60.2 Å². The first-order valence-electron chi connectivity index (χ1n) is 10.9. The number of urea groups is 1. The van der Waals surface area contributed by atoms with Crippen LogP contribution in [-0.2, 0) is 16.1 Å². The molecule has 0 aromatic heterocycles. The second kappa shape index (κ2) is 9.72. The SMILES string of the molecule is CCOc1ccccc1NC(=O)N1CC(N2CC(C(=O)NCc3ccccc3)CC2=O)C1. The Morgan fingerprint density at radius 2 is 1.75 bits per heavy atom. The minimum absolute atomic E-state index is 0.0309. The molecule has 8 nitrogen and oxygen atoms in total. The summed E-state index contributed by atoms with van der Waals surface area (Å²) in [5.41, 5.74) is 1.64. The van der Waals surface area contributed by atoms with Crippen LogP contribution >= 0.6 is 0 Å². The Balaban J connectivity index is 1.25. The summed E-state index contributed by atoms with van der Waals surface area (Å²) in [5.74, 6) is 0.134. The highest BCUT2D eigenvalue weighted by atomic mass is 16.5. The molecular weight excluding hydrogens is 408 g/mol. The zero-order valence-electron chi connectivity index (χ0n) is 18.1. The number of benzene rings is 2. The molecule has 0 saturated carbocycles. The van der Waals surface area contributed by atoms with Crippen LogP contribution in [-0.4, -0.2) is 59.9 Å². The predicted molar refractivity (Wildman–Crippen MR) is 120 cm³/mol. The summed E-state index contributed by atoms with van der Waals surface area (Å²) in [6, 6.07) is 16.7. The monoisotopic (exact) mass is 436 g/mol. The lowest BCUT2D eigenvalue weighted by Gasteiger charge is -2.43. The van der Waals surface area contributed by atoms with Gasteiger partial charge in [0.25, 0.3) is 0 Å². The Hall–Kier alpha value is -3.55. The van der Waals surface area contributed by atoms with Gasteiger partial charge in [-0.3, -0.25) is 9.59 Å². The van der Waals surface area contributed by atoms with Crippen molar-refractivity contribution in [3.8, 4) is 5.75 Å². The Labute approximate surface area is 187 Å². The van der Waals surface area contributed by atoms with Crippen molar-refractivity contribution in [3.63, 3.8) is 0 Å². The zero-order chi connectivity index (χ0) is 22.5. The van der Waals surface area contributed by atoms with E-state index >= 15 is 0 Å². The van der Waals surface area contributed by atoms with Crippen LogP contribution in [0.15, 0.2) is 54.6 Å². The van der Waals surface area contributed by atoms with Crippen LogP contribution in [0.1, 0.15) is 18.9 Å². The van der Waals surface area contributed by atoms with Gasteiger partial charge in [0, 0.05) is 32.6 Å². The van der Waals surface area contributed by atoms with Gasteiger partial charge in [-0.2, -0.15) is 0 Å². The minimum Gasteiger partial charge on any atom is -0.492 e. The Bertz CT molecular complexity index is 975. The van der Waals surface area contributed by atoms with Crippen LogP contribution in [0.5, 0.6) is 5.75 Å². The number of likely N-dealkylation sites (tertiary alicyclic amines) is 2. The van der Waals surface area contributed by atoms with Crippen molar-refractivity contribution in [2.75, 3.05) is 31.6 Å². The van der Waals surface area contributed by atoms with Gasteiger partial charge in [0.15, 0.2) is 0 Å². The van der Waals surface area contributed by atoms with E-state index in [0.29, 0.717) is 44.2 Å². The number of carbonyl (C=O) groups excluding carboxylic acids is 3. The first-order valence-corrected chi connectivity index (χ1v) is 10.9. The molecule has 0 radical (unpaired) electrons. The van der Waals surface area contributed by atoms with Crippen LogP contribution in [0, 0.1) is 5.92 Å². The molecule has 2 fully saturated rings. The second-order valence-corrected chi connectivity index (χ2v) is 8.07. The molecule has 4 rings (SSSR count). The number of carbonyl (C=O) groups is 3. The predicted octanol–water partition coefficient (Wildman–Crippen LogP) is 2.47. The van der Waals surface area contributed by atoms with Crippen molar-refractivity contribution in [1.82, 2.24) is 15.1 Å². The molecule has 4 amide bonds. The molecule has 2 aromatic carbocycles. The van der Waals surface area contributed by atoms with Crippen LogP contribution in [0.25, 0.3) is 0 Å². The third kappa shape index (κ3) is 4.85. The van der Waals surface area contributed by atoms with Gasteiger partial charge in [-0.05, 0) is 24.6 Å². The summed E-state index contributed by atoms with van der Waals surface area (Å²) in [5, 5.41) is 5.80. The lowest BCUT2D eigenvalue weighted by Crippen LogP contribution is -2.62. The molecule has 2 aliphatic heterocycles. The largest absolute Gasteiger partial charge is 0.492 e. The zero-order valence-corrected chi connectivity index (χ0v) is 18.1. The molecule has 168 valence electrons. The normalized spacial score (nSPS) is 18.3. The third-order valence-electron chi connectivity index (χ3n) is 5.86. The molecule has 8 heteroatoms. The Kier molecular flexibility index (Phi) is 6.58. The quantitative estimate of drug-likeness (QED) is 0.698. The second-order valence-electron chi connectivity index (χ2n) is 8.07. The van der Waals surface area contributed by atoms with Gasteiger partial charge < -0.3 is 25.2 Å². The van der Waals surface area contributed by atoms with E-state index in [1.807, 2.05) is 55.5 Å². The fraction of sp³-hybridized carbons (Fsp3) is 0.375. The van der Waals surface area contributed by atoms with Crippen LogP contribution in [0.4, 0.5) is 10.5 Å². The minimum atomic E-state index is -0.354. The molecule has 2 aromatic rings. The average Bonchev–Trinajstić information content (AvgIpc) is 3.14. The van der Waals surface area contributed by atoms with Crippen molar-refractivity contribution in [2.24, 2.45) is 5.92 Å². The highest BCUT2D eigenvalue weighted by Crippen LogP contribution is 2.27. The highest BCUT2D eigenvalue weighted by molar-refractivity contribution is 5.92. The number of nitrogens with one attached hydrogen (secondary N) is 2. The lowest BCUT2D eigenvalue weighted by molar-refractivity contribution is -0.132. The highest BCUT2D eigenvalue weighted by Gasteiger charge is 2.43. The number of hydrogen-bond donors (Lipinski definition) is 2. The number of hydrogen-bond acceptors (Lipinski definition) is 4. The molecule has 0 aliphatic carbocycles. The van der Waals surface area contributed by atoms with Crippen molar-refractivity contribution < 1.29 is 19.1 Å². The average molecular weight is 437 g/mol. The maximum atomic E-state index is 12.6. The van der Waals surface area contributed by atoms with E-state index in [9.17, 15) is 14.4 Å². The third-order valence-corrected chi connectivity index (χ3v) is 5.86. The summed E-state index contributed by atoms with van der Waals surface area (Å²) in [6.07, 6.45) is 0.213. The van der Waals surface area contributed by atoms with E-state index in [-0.39, 0.29) is 36.2 Å². The number of anilines is 1. The summed E-state index contributed by atoms with van der Waals surface area (Å²) < 4.78 is 5.54. The topological polar surface area (TPSA) is 91.0 Å². The van der Waals surface area contributed by atoms with Crippen molar-refractivity contribution in [1.29, 1.82) is 0 Å². The number of rotatable bonds is 7. The smallest absolute Gasteiger partial charge is 0.322 e. The first kappa shape index (κ1) is 21.7. The summed E-state index contributed by atoms with van der Waals surface area (Å²) in [6.45, 7) is 4.15. The summed E-state index contributed by atoms with van der Waals surface area (Å²) >= 11 is 0. The first-order chi connectivity index (χ1) is 15.5. The molecule has 2 aliphatic rings. The lowest BCUT2D eigenvalue weighted by atomic mass is 10.1. The van der Waals surface area contributed by atoms with Gasteiger partial charge in [-0.25, -0.2) is 4.79 Å². The van der Waals surface area contributed by atoms with Gasteiger partial charge in [0.2, 0.25) is 11.8 Å². The van der Waals surface area contributed by atoms with Gasteiger partial charge in [0.05, 0.1) is 24.3 Å². The van der Waals surface area contributed by atoms with E-state index in [0.717, 1.165) is 5.56 Å². The van der Waals surface area contributed by atoms with Crippen LogP contribution in [0.3, 0.4) is 0 Å². The van der Waals surface area contributed by atoms with E-state index in [4.69, 9.17) is 4.74 Å². The van der Waals surface area contributed by atoms with Gasteiger partial charge in [0.1, 0.15) is 5.75 Å². The van der Waals surface area contributed by atoms with Gasteiger partial charge in [-0.1, -0.05) is 42.5 Å². The molecule has 1 atom stereocenters. The van der Waals surface area contributed by atoms with Crippen LogP contribution in [0.2, 0.25) is 0 Å². The van der Waals surface area contributed by atoms with Gasteiger partial charge in [-0.15, -0.1) is 0 Å². The maximum Gasteiger partial charge on any atom is 0.322 e. The van der Waals surface area contributed by atoms with Gasteiger partial charge >= 0.3 is 6.03 Å². The molecule has 0 spiro atoms. The summed E-state index contributed by atoms with van der Waals surface area (Å²) in [7, 11) is 0. The van der Waals surface area contributed by atoms with Crippen molar-refractivity contribution in [2.45, 2.75) is 25.9 Å². The van der Waals surface area contributed by atoms with Crippen LogP contribution < -0.4 is 15.4 Å². The number of amides is 4. The van der Waals surface area contributed by atoms with E-state index < -0.39 is 0 Å². The van der Waals surface area contributed by atoms with E-state index in [1.165, 1.54) is 0 Å². The Morgan fingerprint density at radius 1 is 1.03 bits per heavy atom. The van der Waals surface area contributed by atoms with E-state index in [2.05, 4.69) is 10.6 Å². The standard InChI is InChI=1S/C24H28N4O4/c1-2-32-21-11-7-6-10-20(21)26-24(31)27-15-19(16-27)28-14-18(12-22(28)29)23(30)25-13-17-8-4-3-5-9-17/h3-11,18-19H,2,12-16H2,1H3,(H,25,30)(H,26,31). The number of ether oxygens (including phenoxy) is 1. The fourth-order valence-corrected chi connectivity index (χ4v) is 4.05. The van der Waals surface area contributed by atoms with Crippen molar-refractivity contribution >= 4 is 23.5 Å².